The van der Waals surface area contributed by atoms with E-state index in [1.54, 1.807) is 7.11 Å². The Morgan fingerprint density at radius 2 is 2.27 bits per heavy atom. The predicted molar refractivity (Wildman–Crippen MR) is 57.5 cm³/mol. The lowest BCUT2D eigenvalue weighted by atomic mass is 10.1. The first kappa shape index (κ1) is 9.92. The van der Waals surface area contributed by atoms with E-state index in [2.05, 4.69) is 10.1 Å². The number of nitrogens with zero attached hydrogens (tertiary/aromatic N) is 1. The van der Waals surface area contributed by atoms with Gasteiger partial charge in [-0.2, -0.15) is 4.98 Å². The molecule has 0 aliphatic carbocycles. The summed E-state index contributed by atoms with van der Waals surface area (Å²) in [6, 6.07) is 7.76. The lowest BCUT2D eigenvalue weighted by Crippen LogP contribution is -1.94. The molecule has 2 rings (SSSR count). The summed E-state index contributed by atoms with van der Waals surface area (Å²) >= 11 is 4.77. The number of hydrogen-bond donors (Lipinski definition) is 1. The third kappa shape index (κ3) is 2.24. The van der Waals surface area contributed by atoms with E-state index < -0.39 is 0 Å². The standard InChI is InChI=1S/C10H10N2O2S/c1-13-8-5-3-2-4-7(8)6-9-11-10(15)14-12-9/h2-5H,6H2,1H3,(H,11,12,15). The van der Waals surface area contributed by atoms with E-state index in [9.17, 15) is 0 Å². The summed E-state index contributed by atoms with van der Waals surface area (Å²) in [7, 11) is 1.64. The maximum atomic E-state index is 5.23. The topological polar surface area (TPSA) is 51.1 Å². The molecule has 0 fully saturated rings. The number of aromatic nitrogens is 2. The van der Waals surface area contributed by atoms with E-state index >= 15 is 0 Å². The third-order valence-corrected chi connectivity index (χ3v) is 2.21. The lowest BCUT2D eigenvalue weighted by Gasteiger charge is -2.05. The average Bonchev–Trinajstić information content (AvgIpc) is 2.65. The summed E-state index contributed by atoms with van der Waals surface area (Å²) in [5.41, 5.74) is 1.04. The summed E-state index contributed by atoms with van der Waals surface area (Å²) < 4.78 is 10.1. The van der Waals surface area contributed by atoms with E-state index in [4.69, 9.17) is 21.5 Å². The Hall–Kier alpha value is -1.62. The van der Waals surface area contributed by atoms with Crippen LogP contribution in [0.5, 0.6) is 5.75 Å². The summed E-state index contributed by atoms with van der Waals surface area (Å²) in [4.78, 5) is 4.24. The second-order valence-electron chi connectivity index (χ2n) is 3.02. The average molecular weight is 222 g/mol. The largest absolute Gasteiger partial charge is 0.496 e. The lowest BCUT2D eigenvalue weighted by molar-refractivity contribution is 0.397. The molecule has 0 atom stereocenters. The van der Waals surface area contributed by atoms with E-state index in [1.165, 1.54) is 0 Å². The monoisotopic (exact) mass is 222 g/mol. The van der Waals surface area contributed by atoms with Gasteiger partial charge in [0.2, 0.25) is 0 Å². The molecule has 0 saturated carbocycles. The molecule has 1 aromatic carbocycles. The second kappa shape index (κ2) is 4.27. The van der Waals surface area contributed by atoms with Crippen LogP contribution in [0.3, 0.4) is 0 Å². The molecule has 5 heteroatoms. The minimum absolute atomic E-state index is 0.222. The van der Waals surface area contributed by atoms with Crippen LogP contribution in [0.2, 0.25) is 0 Å². The van der Waals surface area contributed by atoms with Crippen molar-refractivity contribution in [1.82, 2.24) is 10.1 Å². The van der Waals surface area contributed by atoms with Crippen molar-refractivity contribution in [2.24, 2.45) is 0 Å². The summed E-state index contributed by atoms with van der Waals surface area (Å²) in [5, 5.41) is 2.66. The highest BCUT2D eigenvalue weighted by Crippen LogP contribution is 2.19. The van der Waals surface area contributed by atoms with Gasteiger partial charge in [-0.05, 0) is 18.3 Å². The Balaban J connectivity index is 2.27. The molecule has 1 heterocycles. The second-order valence-corrected chi connectivity index (χ2v) is 3.37. The van der Waals surface area contributed by atoms with Crippen LogP contribution in [0.1, 0.15) is 11.4 Å². The Morgan fingerprint density at radius 1 is 1.47 bits per heavy atom. The molecule has 0 unspecified atom stereocenters. The van der Waals surface area contributed by atoms with Crippen LogP contribution < -0.4 is 4.74 Å². The molecule has 0 aliphatic rings. The Labute approximate surface area is 91.9 Å². The number of benzene rings is 1. The van der Waals surface area contributed by atoms with Crippen molar-refractivity contribution in [1.29, 1.82) is 0 Å². The molecule has 0 radical (unpaired) electrons. The van der Waals surface area contributed by atoms with Crippen molar-refractivity contribution in [3.05, 3.63) is 40.5 Å². The van der Waals surface area contributed by atoms with E-state index in [0.29, 0.717) is 12.2 Å². The molecule has 0 amide bonds. The van der Waals surface area contributed by atoms with Crippen molar-refractivity contribution in [2.75, 3.05) is 7.11 Å². The van der Waals surface area contributed by atoms with Crippen LogP contribution in [-0.4, -0.2) is 17.3 Å². The molecule has 4 nitrogen and oxygen atoms in total. The predicted octanol–water partition coefficient (Wildman–Crippen LogP) is 2.33. The molecule has 0 spiro atoms. The van der Waals surface area contributed by atoms with Crippen molar-refractivity contribution in [2.45, 2.75) is 6.42 Å². The van der Waals surface area contributed by atoms with E-state index in [-0.39, 0.29) is 4.84 Å². The van der Waals surface area contributed by atoms with Crippen LogP contribution in [0.15, 0.2) is 28.8 Å². The van der Waals surface area contributed by atoms with Gasteiger partial charge >= 0.3 is 4.84 Å². The number of nitrogens with one attached hydrogen (secondary N) is 1. The fourth-order valence-corrected chi connectivity index (χ4v) is 1.52. The molecular formula is C10H10N2O2S. The quantitative estimate of drug-likeness (QED) is 0.810. The van der Waals surface area contributed by atoms with Crippen LogP contribution >= 0.6 is 12.2 Å². The van der Waals surface area contributed by atoms with Gasteiger partial charge in [0, 0.05) is 12.0 Å². The van der Waals surface area contributed by atoms with Crippen LogP contribution in [0, 0.1) is 4.84 Å². The number of aromatic amines is 1. The number of H-pyrrole nitrogens is 1. The van der Waals surface area contributed by atoms with Crippen LogP contribution in [0.4, 0.5) is 0 Å². The fourth-order valence-electron chi connectivity index (χ4n) is 1.36. The summed E-state index contributed by atoms with van der Waals surface area (Å²) in [6.07, 6.45) is 0.615. The Bertz CT molecular complexity index is 504. The fraction of sp³-hybridized carbons (Fsp3) is 0.200. The van der Waals surface area contributed by atoms with Gasteiger partial charge in [0.05, 0.1) is 7.11 Å². The number of rotatable bonds is 3. The maximum absolute atomic E-state index is 5.23. The van der Waals surface area contributed by atoms with E-state index in [0.717, 1.165) is 11.3 Å². The Kier molecular flexibility index (Phi) is 2.82. The van der Waals surface area contributed by atoms with Crippen molar-refractivity contribution >= 4 is 12.2 Å². The maximum Gasteiger partial charge on any atom is 0.314 e. The number of methoxy groups -OCH3 is 1. The van der Waals surface area contributed by atoms with Gasteiger partial charge in [-0.1, -0.05) is 18.2 Å². The molecule has 0 saturated heterocycles. The number of para-hydroxylation sites is 1. The summed E-state index contributed by atoms with van der Waals surface area (Å²) in [5.74, 6) is 1.53. The van der Waals surface area contributed by atoms with Crippen molar-refractivity contribution in [3.8, 4) is 5.75 Å². The molecule has 1 N–H and O–H groups in total. The van der Waals surface area contributed by atoms with Crippen LogP contribution in [0.25, 0.3) is 0 Å². The summed E-state index contributed by atoms with van der Waals surface area (Å²) in [6.45, 7) is 0. The minimum Gasteiger partial charge on any atom is -0.496 e. The molecule has 2 aromatic rings. The van der Waals surface area contributed by atoms with E-state index in [1.807, 2.05) is 24.3 Å². The minimum atomic E-state index is 0.222. The molecule has 1 aromatic heterocycles. The smallest absolute Gasteiger partial charge is 0.314 e. The van der Waals surface area contributed by atoms with Crippen molar-refractivity contribution in [3.63, 3.8) is 0 Å². The highest BCUT2D eigenvalue weighted by Gasteiger charge is 2.05. The van der Waals surface area contributed by atoms with Gasteiger partial charge in [0.15, 0.2) is 0 Å². The normalized spacial score (nSPS) is 10.2. The molecule has 78 valence electrons. The highest BCUT2D eigenvalue weighted by molar-refractivity contribution is 7.71. The zero-order valence-electron chi connectivity index (χ0n) is 8.19. The third-order valence-electron chi connectivity index (χ3n) is 2.03. The zero-order valence-corrected chi connectivity index (χ0v) is 9.00. The number of ether oxygens (including phenoxy) is 1. The van der Waals surface area contributed by atoms with Crippen LogP contribution in [-0.2, 0) is 6.42 Å². The van der Waals surface area contributed by atoms with Crippen molar-refractivity contribution < 1.29 is 9.26 Å². The SMILES string of the molecule is COc1ccccc1Cc1nc(=S)o[nH]1. The van der Waals surface area contributed by atoms with Gasteiger partial charge < -0.3 is 9.26 Å². The molecule has 0 aliphatic heterocycles. The van der Waals surface area contributed by atoms with Gasteiger partial charge in [0.1, 0.15) is 11.6 Å². The molecule has 15 heavy (non-hydrogen) atoms. The van der Waals surface area contributed by atoms with Gasteiger partial charge in [-0.25, -0.2) is 5.16 Å². The first-order valence-corrected chi connectivity index (χ1v) is 4.86. The number of hydrogen-bond acceptors (Lipinski definition) is 4. The molecular weight excluding hydrogens is 212 g/mol. The van der Waals surface area contributed by atoms with Gasteiger partial charge in [-0.3, -0.25) is 0 Å². The Morgan fingerprint density at radius 3 is 2.93 bits per heavy atom. The first-order valence-electron chi connectivity index (χ1n) is 4.46. The highest BCUT2D eigenvalue weighted by atomic mass is 32.1. The first-order chi connectivity index (χ1) is 7.29. The zero-order chi connectivity index (χ0) is 10.7. The molecule has 0 bridgehead atoms. The van der Waals surface area contributed by atoms with Gasteiger partial charge in [-0.15, -0.1) is 0 Å². The van der Waals surface area contributed by atoms with Gasteiger partial charge in [0.25, 0.3) is 0 Å².